The maximum Gasteiger partial charge on any atom is 0.276 e. The number of fused-ring (bicyclic) bond motifs is 2. The van der Waals surface area contributed by atoms with E-state index in [1.54, 1.807) is 66.7 Å². The first-order valence-electron chi connectivity index (χ1n) is 10.1. The van der Waals surface area contributed by atoms with E-state index in [1.165, 1.54) is 0 Å². The molecule has 1 aliphatic heterocycles. The van der Waals surface area contributed by atoms with E-state index >= 15 is 0 Å². The molecule has 0 fully saturated rings. The number of aliphatic hydroxyl groups excluding tert-OH is 1. The van der Waals surface area contributed by atoms with Crippen LogP contribution in [-0.4, -0.2) is 36.5 Å². The molecule has 1 atom stereocenters. The van der Waals surface area contributed by atoms with Gasteiger partial charge < -0.3 is 14.9 Å². The first-order chi connectivity index (χ1) is 16.6. The number of anilines is 1. The van der Waals surface area contributed by atoms with Crippen LogP contribution in [0.3, 0.4) is 0 Å². The van der Waals surface area contributed by atoms with Crippen LogP contribution in [0, 0.1) is 0 Å². The van der Waals surface area contributed by atoms with Crippen molar-refractivity contribution >= 4 is 61.5 Å². The van der Waals surface area contributed by atoms with Gasteiger partial charge in [-0.1, -0.05) is 58.7 Å². The molecule has 4 aromatic rings. The molecule has 1 aromatic heterocycles. The number of halogens is 2. The number of para-hydroxylation sites is 1. The first-order valence-corrected chi connectivity index (χ1v) is 12.5. The SMILES string of the molecule is NS(=O)(=O)Cc1noc2ccccc12.O=C1Nc2ccc(Cl)cc2C(c2ccccc2Cl)=NC1O. The molecule has 4 N–H and O–H groups in total. The average molecular weight is 533 g/mol. The number of carbonyl (C=O) groups is 1. The third-order valence-corrected chi connectivity index (χ3v) is 6.14. The maximum atomic E-state index is 11.8. The van der Waals surface area contributed by atoms with Crippen LogP contribution in [0.5, 0.6) is 0 Å². The molecule has 1 unspecified atom stereocenters. The van der Waals surface area contributed by atoms with Gasteiger partial charge in [-0.05, 0) is 36.4 Å². The van der Waals surface area contributed by atoms with Gasteiger partial charge in [-0.25, -0.2) is 18.5 Å². The van der Waals surface area contributed by atoms with Crippen LogP contribution >= 0.6 is 23.2 Å². The summed E-state index contributed by atoms with van der Waals surface area (Å²) in [4.78, 5) is 15.9. The summed E-state index contributed by atoms with van der Waals surface area (Å²) in [5, 5.41) is 22.7. The molecule has 2 heterocycles. The standard InChI is InChI=1S/C15H10Cl2N2O2.C8H8N2O3S/c16-8-5-6-12-10(7-8)13(19-15(21)14(20)18-12)9-3-1-2-4-11(9)17;9-14(11,12)5-7-6-3-1-2-4-8(6)13-10-7/h1-7,15,21H,(H,18,20);1-4H,5H2,(H2,9,11,12). The van der Waals surface area contributed by atoms with Gasteiger partial charge in [0.25, 0.3) is 5.91 Å². The molecule has 0 saturated heterocycles. The minimum atomic E-state index is -3.56. The van der Waals surface area contributed by atoms with Crippen molar-refractivity contribution in [3.63, 3.8) is 0 Å². The maximum absolute atomic E-state index is 11.8. The van der Waals surface area contributed by atoms with Gasteiger partial charge in [-0.15, -0.1) is 0 Å². The van der Waals surface area contributed by atoms with Crippen molar-refractivity contribution in [3.05, 3.63) is 93.6 Å². The summed E-state index contributed by atoms with van der Waals surface area (Å²) in [6, 6.07) is 19.1. The first kappa shape index (κ1) is 24.8. The van der Waals surface area contributed by atoms with Crippen LogP contribution in [0.4, 0.5) is 5.69 Å². The Morgan fingerprint density at radius 1 is 1.03 bits per heavy atom. The fourth-order valence-corrected chi connectivity index (χ4v) is 4.36. The van der Waals surface area contributed by atoms with E-state index in [1.807, 2.05) is 0 Å². The molecule has 0 spiro atoms. The molecule has 0 aliphatic carbocycles. The molecule has 9 nitrogen and oxygen atoms in total. The topological polar surface area (TPSA) is 148 Å². The van der Waals surface area contributed by atoms with Gasteiger partial charge in [0.05, 0.1) is 11.4 Å². The summed E-state index contributed by atoms with van der Waals surface area (Å²) in [7, 11) is -3.56. The summed E-state index contributed by atoms with van der Waals surface area (Å²) in [6.45, 7) is 0. The third kappa shape index (κ3) is 5.87. The summed E-state index contributed by atoms with van der Waals surface area (Å²) in [5.74, 6) is -0.898. The Balaban J connectivity index is 0.000000179. The van der Waals surface area contributed by atoms with Crippen molar-refractivity contribution in [2.24, 2.45) is 10.1 Å². The number of nitrogens with one attached hydrogen (secondary N) is 1. The van der Waals surface area contributed by atoms with Gasteiger partial charge >= 0.3 is 0 Å². The quantitative estimate of drug-likeness (QED) is 0.366. The minimum Gasteiger partial charge on any atom is -0.364 e. The van der Waals surface area contributed by atoms with E-state index in [0.29, 0.717) is 49.2 Å². The van der Waals surface area contributed by atoms with E-state index in [0.717, 1.165) is 0 Å². The molecule has 0 saturated carbocycles. The number of rotatable bonds is 3. The summed E-state index contributed by atoms with van der Waals surface area (Å²) >= 11 is 12.2. The van der Waals surface area contributed by atoms with Gasteiger partial charge in [0.15, 0.2) is 5.58 Å². The minimum absolute atomic E-state index is 0.302. The smallest absolute Gasteiger partial charge is 0.276 e. The number of aliphatic hydroxyl groups is 1. The Morgan fingerprint density at radius 3 is 2.49 bits per heavy atom. The largest absolute Gasteiger partial charge is 0.364 e. The lowest BCUT2D eigenvalue weighted by Crippen LogP contribution is -2.24. The van der Waals surface area contributed by atoms with Gasteiger partial charge in [0.2, 0.25) is 16.3 Å². The zero-order valence-electron chi connectivity index (χ0n) is 17.9. The number of primary sulfonamides is 1. The lowest BCUT2D eigenvalue weighted by molar-refractivity contribution is -0.123. The Morgan fingerprint density at radius 2 is 1.74 bits per heavy atom. The molecule has 3 aromatic carbocycles. The number of amides is 1. The van der Waals surface area contributed by atoms with E-state index in [4.69, 9.17) is 32.9 Å². The molecule has 12 heteroatoms. The van der Waals surface area contributed by atoms with E-state index < -0.39 is 22.2 Å². The highest BCUT2D eigenvalue weighted by Crippen LogP contribution is 2.29. The number of hydrogen-bond donors (Lipinski definition) is 3. The lowest BCUT2D eigenvalue weighted by Gasteiger charge is -2.11. The second kappa shape index (κ2) is 10.1. The number of nitrogens with two attached hydrogens (primary N) is 1. The Labute approximate surface area is 210 Å². The predicted molar refractivity (Wildman–Crippen MR) is 134 cm³/mol. The highest BCUT2D eigenvalue weighted by Gasteiger charge is 2.25. The summed E-state index contributed by atoms with van der Waals surface area (Å²) < 4.78 is 26.6. The number of aliphatic imine (C=N–C) groups is 1. The zero-order chi connectivity index (χ0) is 25.2. The number of benzodiazepines with no additional fused rings is 1. The lowest BCUT2D eigenvalue weighted by atomic mass is 10.0. The van der Waals surface area contributed by atoms with Crippen LogP contribution in [0.2, 0.25) is 10.0 Å². The molecule has 0 radical (unpaired) electrons. The summed E-state index contributed by atoms with van der Waals surface area (Å²) in [6.07, 6.45) is -1.50. The van der Waals surface area contributed by atoms with Gasteiger partial charge in [0, 0.05) is 26.6 Å². The van der Waals surface area contributed by atoms with E-state index in [9.17, 15) is 18.3 Å². The Kier molecular flexibility index (Phi) is 7.20. The van der Waals surface area contributed by atoms with Gasteiger partial charge in [-0.3, -0.25) is 4.79 Å². The Hall–Kier alpha value is -3.28. The van der Waals surface area contributed by atoms with Crippen LogP contribution in [0.1, 0.15) is 16.8 Å². The molecule has 1 amide bonds. The summed E-state index contributed by atoms with van der Waals surface area (Å²) in [5.41, 5.74) is 3.09. The van der Waals surface area contributed by atoms with Crippen molar-refractivity contribution in [2.45, 2.75) is 12.0 Å². The number of sulfonamides is 1. The van der Waals surface area contributed by atoms with Crippen molar-refractivity contribution in [1.29, 1.82) is 0 Å². The monoisotopic (exact) mass is 532 g/mol. The predicted octanol–water partition coefficient (Wildman–Crippen LogP) is 3.72. The molecule has 0 bridgehead atoms. The molecular formula is C23H18Cl2N4O5S. The average Bonchev–Trinajstić information content (AvgIpc) is 3.15. The second-order valence-electron chi connectivity index (χ2n) is 7.44. The van der Waals surface area contributed by atoms with E-state index in [-0.39, 0.29) is 5.75 Å². The van der Waals surface area contributed by atoms with Crippen LogP contribution in [0.15, 0.2) is 76.2 Å². The van der Waals surface area contributed by atoms with Crippen molar-refractivity contribution in [3.8, 4) is 0 Å². The highest BCUT2D eigenvalue weighted by molar-refractivity contribution is 7.88. The molecule has 35 heavy (non-hydrogen) atoms. The van der Waals surface area contributed by atoms with Crippen molar-refractivity contribution < 1.29 is 22.8 Å². The van der Waals surface area contributed by atoms with Crippen molar-refractivity contribution in [2.75, 3.05) is 5.32 Å². The number of aromatic nitrogens is 1. The van der Waals surface area contributed by atoms with Crippen LogP contribution in [0.25, 0.3) is 11.0 Å². The second-order valence-corrected chi connectivity index (χ2v) is 9.90. The fraction of sp³-hybridized carbons (Fsp3) is 0.0870. The normalized spacial score (nSPS) is 15.4. The van der Waals surface area contributed by atoms with Crippen LogP contribution in [-0.2, 0) is 20.6 Å². The van der Waals surface area contributed by atoms with Crippen LogP contribution < -0.4 is 10.5 Å². The molecule has 1 aliphatic rings. The Bertz CT molecular complexity index is 1550. The van der Waals surface area contributed by atoms with Crippen molar-refractivity contribution in [1.82, 2.24) is 5.16 Å². The number of carbonyl (C=O) groups excluding carboxylic acids is 1. The number of nitrogens with zero attached hydrogens (tertiary/aromatic N) is 2. The third-order valence-electron chi connectivity index (χ3n) is 4.90. The number of benzene rings is 3. The number of hydrogen-bond acceptors (Lipinski definition) is 7. The zero-order valence-corrected chi connectivity index (χ0v) is 20.2. The highest BCUT2D eigenvalue weighted by atomic mass is 35.5. The van der Waals surface area contributed by atoms with Gasteiger partial charge in [-0.2, -0.15) is 0 Å². The molecule has 5 rings (SSSR count). The van der Waals surface area contributed by atoms with Gasteiger partial charge in [0.1, 0.15) is 11.4 Å². The van der Waals surface area contributed by atoms with E-state index in [2.05, 4.69) is 15.5 Å². The molecular weight excluding hydrogens is 515 g/mol. The fourth-order valence-electron chi connectivity index (χ4n) is 3.37. The molecule has 180 valence electrons.